The van der Waals surface area contributed by atoms with Gasteiger partial charge in [-0.3, -0.25) is 0 Å². The first-order valence-corrected chi connectivity index (χ1v) is 11.2. The third-order valence-corrected chi connectivity index (χ3v) is 6.49. The number of halogens is 1. The van der Waals surface area contributed by atoms with Crippen molar-refractivity contribution in [3.63, 3.8) is 0 Å². The first-order valence-electron chi connectivity index (χ1n) is 10.4. The van der Waals surface area contributed by atoms with Crippen molar-refractivity contribution in [2.75, 3.05) is 33.4 Å². The summed E-state index contributed by atoms with van der Waals surface area (Å²) in [4.78, 5) is 7.41. The lowest BCUT2D eigenvalue weighted by Gasteiger charge is -2.39. The smallest absolute Gasteiger partial charge is 0.191 e. The molecule has 1 aromatic heterocycles. The Morgan fingerprint density at radius 3 is 2.57 bits per heavy atom. The van der Waals surface area contributed by atoms with Crippen molar-refractivity contribution in [2.45, 2.75) is 45.6 Å². The number of aliphatic imine (C=N–C) groups is 1. The number of hydrogen-bond donors (Lipinski definition) is 2. The Balaban J connectivity index is 0.00000320. The van der Waals surface area contributed by atoms with Gasteiger partial charge in [0.15, 0.2) is 5.96 Å². The minimum Gasteiger partial charge on any atom is -0.496 e. The molecule has 0 radical (unpaired) electrons. The van der Waals surface area contributed by atoms with E-state index in [0.717, 1.165) is 50.9 Å². The van der Waals surface area contributed by atoms with Gasteiger partial charge in [-0.1, -0.05) is 17.7 Å². The van der Waals surface area contributed by atoms with Crippen molar-refractivity contribution in [1.82, 2.24) is 10.6 Å². The molecule has 5 nitrogen and oxygen atoms in total. The molecule has 0 amide bonds. The van der Waals surface area contributed by atoms with Crippen LogP contribution in [-0.2, 0) is 16.7 Å². The number of nitrogens with one attached hydrogen (secondary N) is 2. The third-order valence-electron chi connectivity index (χ3n) is 5.50. The first-order chi connectivity index (χ1) is 14.1. The highest BCUT2D eigenvalue weighted by Gasteiger charge is 2.37. The van der Waals surface area contributed by atoms with Crippen LogP contribution < -0.4 is 15.4 Å². The topological polar surface area (TPSA) is 54.9 Å². The Morgan fingerprint density at radius 2 is 1.93 bits per heavy atom. The minimum atomic E-state index is -0.0364. The summed E-state index contributed by atoms with van der Waals surface area (Å²) in [6, 6.07) is 10.8. The molecule has 0 aliphatic carbocycles. The highest BCUT2D eigenvalue weighted by molar-refractivity contribution is 14.0. The van der Waals surface area contributed by atoms with Crippen LogP contribution in [-0.4, -0.2) is 39.4 Å². The van der Waals surface area contributed by atoms with Gasteiger partial charge in [0.05, 0.1) is 13.7 Å². The van der Waals surface area contributed by atoms with E-state index < -0.39 is 0 Å². The van der Waals surface area contributed by atoms with Crippen LogP contribution in [0.4, 0.5) is 0 Å². The minimum absolute atomic E-state index is 0. The van der Waals surface area contributed by atoms with E-state index in [4.69, 9.17) is 14.5 Å². The van der Waals surface area contributed by atoms with Crippen LogP contribution in [0.2, 0.25) is 0 Å². The highest BCUT2D eigenvalue weighted by atomic mass is 127. The molecular weight excluding hydrogens is 509 g/mol. The standard InChI is InChI=1S/C23H33N3O2S.HI/c1-5-24-22(25-15-19-8-7-18(3)29-19)26-16-23(10-12-28-13-11-23)20-14-17(2)6-9-21(20)27-4;/h6-9,14H,5,10-13,15-16H2,1-4H3,(H2,24,25,26);1H. The van der Waals surface area contributed by atoms with Crippen molar-refractivity contribution >= 4 is 41.3 Å². The molecule has 2 N–H and O–H groups in total. The van der Waals surface area contributed by atoms with E-state index in [1.54, 1.807) is 18.4 Å². The number of thiophene rings is 1. The van der Waals surface area contributed by atoms with Crippen LogP contribution in [0.1, 0.15) is 40.6 Å². The molecule has 1 aromatic carbocycles. The molecule has 1 aliphatic heterocycles. The maximum absolute atomic E-state index is 5.73. The monoisotopic (exact) mass is 543 g/mol. The van der Waals surface area contributed by atoms with Gasteiger partial charge in [-0.15, -0.1) is 35.3 Å². The van der Waals surface area contributed by atoms with Gasteiger partial charge in [-0.25, -0.2) is 4.99 Å². The summed E-state index contributed by atoms with van der Waals surface area (Å²) in [6.07, 6.45) is 1.92. The van der Waals surface area contributed by atoms with Crippen molar-refractivity contribution < 1.29 is 9.47 Å². The fourth-order valence-electron chi connectivity index (χ4n) is 3.86. The Hall–Kier alpha value is -1.32. The molecule has 0 unspecified atom stereocenters. The lowest BCUT2D eigenvalue weighted by molar-refractivity contribution is 0.0505. The van der Waals surface area contributed by atoms with Crippen LogP contribution in [0.25, 0.3) is 0 Å². The summed E-state index contributed by atoms with van der Waals surface area (Å²) in [5, 5.41) is 7.00. The molecule has 0 bridgehead atoms. The molecule has 3 rings (SSSR count). The van der Waals surface area contributed by atoms with Crippen LogP contribution in [0.3, 0.4) is 0 Å². The second-order valence-corrected chi connectivity index (χ2v) is 9.03. The van der Waals surface area contributed by atoms with Crippen LogP contribution in [0.5, 0.6) is 5.75 Å². The third kappa shape index (κ3) is 6.34. The van der Waals surface area contributed by atoms with Crippen LogP contribution in [0, 0.1) is 13.8 Å². The zero-order valence-electron chi connectivity index (χ0n) is 18.4. The second kappa shape index (κ2) is 11.9. The molecule has 166 valence electrons. The molecule has 7 heteroatoms. The quantitative estimate of drug-likeness (QED) is 0.300. The van der Waals surface area contributed by atoms with Gasteiger partial charge in [-0.05, 0) is 51.8 Å². The lowest BCUT2D eigenvalue weighted by atomic mass is 9.73. The Morgan fingerprint density at radius 1 is 1.17 bits per heavy atom. The SMILES string of the molecule is CCNC(=NCc1ccc(C)s1)NCC1(c2cc(C)ccc2OC)CCOCC1.I. The molecule has 1 aliphatic rings. The van der Waals surface area contributed by atoms with Crippen molar-refractivity contribution in [1.29, 1.82) is 0 Å². The maximum atomic E-state index is 5.73. The fourth-order valence-corrected chi connectivity index (χ4v) is 4.68. The van der Waals surface area contributed by atoms with Gasteiger partial charge in [0, 0.05) is 47.0 Å². The summed E-state index contributed by atoms with van der Waals surface area (Å²) < 4.78 is 11.4. The zero-order valence-corrected chi connectivity index (χ0v) is 21.6. The van der Waals surface area contributed by atoms with Gasteiger partial charge in [0.1, 0.15) is 5.75 Å². The predicted molar refractivity (Wildman–Crippen MR) is 137 cm³/mol. The average molecular weight is 544 g/mol. The number of ether oxygens (including phenoxy) is 2. The molecule has 2 aromatic rings. The van der Waals surface area contributed by atoms with Gasteiger partial charge in [0.25, 0.3) is 0 Å². The molecule has 0 atom stereocenters. The summed E-state index contributed by atoms with van der Waals surface area (Å²) >= 11 is 1.80. The number of hydrogen-bond acceptors (Lipinski definition) is 4. The number of rotatable bonds is 7. The van der Waals surface area contributed by atoms with Crippen molar-refractivity contribution in [3.05, 3.63) is 51.2 Å². The Kier molecular flexibility index (Phi) is 9.90. The van der Waals surface area contributed by atoms with E-state index in [9.17, 15) is 0 Å². The second-order valence-electron chi connectivity index (χ2n) is 7.66. The van der Waals surface area contributed by atoms with Crippen molar-refractivity contribution in [3.8, 4) is 5.75 Å². The van der Waals surface area contributed by atoms with Crippen LogP contribution in [0.15, 0.2) is 35.3 Å². The maximum Gasteiger partial charge on any atom is 0.191 e. The fraction of sp³-hybridized carbons (Fsp3) is 0.522. The molecular formula is C23H34IN3O2S. The summed E-state index contributed by atoms with van der Waals surface area (Å²) in [5.74, 6) is 1.81. The normalized spacial score (nSPS) is 15.9. The highest BCUT2D eigenvalue weighted by Crippen LogP contribution is 2.40. The number of benzene rings is 1. The van der Waals surface area contributed by atoms with E-state index in [-0.39, 0.29) is 29.4 Å². The van der Waals surface area contributed by atoms with Gasteiger partial charge in [0.2, 0.25) is 0 Å². The number of guanidine groups is 1. The summed E-state index contributed by atoms with van der Waals surface area (Å²) in [5.41, 5.74) is 2.48. The van der Waals surface area contributed by atoms with E-state index in [1.807, 2.05) is 0 Å². The van der Waals surface area contributed by atoms with Gasteiger partial charge in [-0.2, -0.15) is 0 Å². The summed E-state index contributed by atoms with van der Waals surface area (Å²) in [6.45, 7) is 10.2. The first kappa shape index (κ1) is 24.9. The van der Waals surface area contributed by atoms with Crippen molar-refractivity contribution in [2.24, 2.45) is 4.99 Å². The van der Waals surface area contributed by atoms with E-state index in [0.29, 0.717) is 6.54 Å². The average Bonchev–Trinajstić information content (AvgIpc) is 3.16. The molecule has 1 saturated heterocycles. The zero-order chi connectivity index (χ0) is 20.7. The molecule has 2 heterocycles. The molecule has 0 saturated carbocycles. The Labute approximate surface area is 201 Å². The Bertz CT molecular complexity index is 832. The molecule has 30 heavy (non-hydrogen) atoms. The number of aryl methyl sites for hydroxylation is 2. The lowest BCUT2D eigenvalue weighted by Crippen LogP contribution is -2.48. The van der Waals surface area contributed by atoms with Gasteiger partial charge < -0.3 is 20.1 Å². The van der Waals surface area contributed by atoms with Gasteiger partial charge >= 0.3 is 0 Å². The van der Waals surface area contributed by atoms with E-state index >= 15 is 0 Å². The summed E-state index contributed by atoms with van der Waals surface area (Å²) in [7, 11) is 1.75. The number of methoxy groups -OCH3 is 1. The largest absolute Gasteiger partial charge is 0.496 e. The molecule has 0 spiro atoms. The number of nitrogens with zero attached hydrogens (tertiary/aromatic N) is 1. The van der Waals surface area contributed by atoms with E-state index in [1.165, 1.54) is 20.9 Å². The predicted octanol–water partition coefficient (Wildman–Crippen LogP) is 4.80. The molecule has 1 fully saturated rings. The van der Waals surface area contributed by atoms with Crippen LogP contribution >= 0.6 is 35.3 Å². The van der Waals surface area contributed by atoms with E-state index in [2.05, 4.69) is 61.7 Å².